The van der Waals surface area contributed by atoms with Gasteiger partial charge in [0.15, 0.2) is 17.4 Å². The highest BCUT2D eigenvalue weighted by Gasteiger charge is 2.55. The first-order valence-corrected chi connectivity index (χ1v) is 12.0. The zero-order valence-corrected chi connectivity index (χ0v) is 20.9. The molecule has 3 rings (SSSR count). The molecule has 12 nitrogen and oxygen atoms in total. The molecule has 0 aromatic carbocycles. The van der Waals surface area contributed by atoms with Gasteiger partial charge in [-0.3, -0.25) is 9.59 Å². The van der Waals surface area contributed by atoms with E-state index >= 15 is 0 Å². The van der Waals surface area contributed by atoms with Gasteiger partial charge in [-0.05, 0) is 27.7 Å². The third-order valence-electron chi connectivity index (χ3n) is 6.08. The van der Waals surface area contributed by atoms with Gasteiger partial charge in [-0.1, -0.05) is 0 Å². The molecule has 2 N–H and O–H groups in total. The van der Waals surface area contributed by atoms with Crippen LogP contribution in [0.4, 0.5) is 0 Å². The summed E-state index contributed by atoms with van der Waals surface area (Å²) in [7, 11) is 0. The highest BCUT2D eigenvalue weighted by atomic mass is 16.8. The van der Waals surface area contributed by atoms with Crippen molar-refractivity contribution >= 4 is 11.9 Å². The van der Waals surface area contributed by atoms with Crippen LogP contribution < -0.4 is 0 Å². The number of hydrogen-bond acceptors (Lipinski definition) is 12. The quantitative estimate of drug-likeness (QED) is 0.353. The Morgan fingerprint density at radius 3 is 1.51 bits per heavy atom. The van der Waals surface area contributed by atoms with Crippen LogP contribution in [0.3, 0.4) is 0 Å². The molecule has 0 radical (unpaired) electrons. The number of carbonyl (C=O) groups is 2. The van der Waals surface area contributed by atoms with Gasteiger partial charge < -0.3 is 48.1 Å². The molecule has 0 spiro atoms. The molecule has 3 fully saturated rings. The van der Waals surface area contributed by atoms with E-state index in [-0.39, 0.29) is 65.3 Å². The van der Waals surface area contributed by atoms with Crippen LogP contribution in [0.2, 0.25) is 0 Å². The Hall–Kier alpha value is -1.38. The summed E-state index contributed by atoms with van der Waals surface area (Å²) in [6, 6.07) is 0. The number of esters is 2. The second-order valence-electron chi connectivity index (χ2n) is 9.66. The van der Waals surface area contributed by atoms with Gasteiger partial charge in [-0.2, -0.15) is 0 Å². The van der Waals surface area contributed by atoms with Crippen molar-refractivity contribution in [2.45, 2.75) is 95.2 Å². The van der Waals surface area contributed by atoms with E-state index in [1.54, 1.807) is 27.7 Å². The van der Waals surface area contributed by atoms with Crippen LogP contribution in [-0.4, -0.2) is 104 Å². The lowest BCUT2D eigenvalue weighted by atomic mass is 10.0. The molecule has 0 saturated carbocycles. The zero-order valence-electron chi connectivity index (χ0n) is 20.9. The minimum atomic E-state index is -1.000. The number of carbonyl (C=O) groups excluding carboxylic acids is 2. The van der Waals surface area contributed by atoms with Crippen molar-refractivity contribution in [2.24, 2.45) is 0 Å². The van der Waals surface area contributed by atoms with E-state index in [9.17, 15) is 9.59 Å². The van der Waals surface area contributed by atoms with Crippen molar-refractivity contribution in [3.05, 3.63) is 0 Å². The summed E-state index contributed by atoms with van der Waals surface area (Å²) in [4.78, 5) is 23.6. The van der Waals surface area contributed by atoms with Crippen molar-refractivity contribution in [1.29, 1.82) is 0 Å². The van der Waals surface area contributed by atoms with Crippen LogP contribution in [0.1, 0.15) is 53.4 Å². The van der Waals surface area contributed by atoms with Crippen molar-refractivity contribution in [2.75, 3.05) is 39.6 Å². The lowest BCUT2D eigenvalue weighted by molar-refractivity contribution is -0.188. The lowest BCUT2D eigenvalue weighted by Crippen LogP contribution is -2.45. The van der Waals surface area contributed by atoms with Gasteiger partial charge in [-0.15, -0.1) is 0 Å². The third-order valence-corrected chi connectivity index (χ3v) is 6.08. The fourth-order valence-corrected chi connectivity index (χ4v) is 4.39. The molecular weight excluding hydrogens is 468 g/mol. The molecule has 202 valence electrons. The molecule has 0 aromatic heterocycles. The summed E-state index contributed by atoms with van der Waals surface area (Å²) in [5, 5.41) is 17.6. The van der Waals surface area contributed by atoms with Crippen LogP contribution in [0.15, 0.2) is 0 Å². The fourth-order valence-electron chi connectivity index (χ4n) is 4.39. The largest absolute Gasteiger partial charge is 0.463 e. The molecule has 0 aliphatic carbocycles. The first-order chi connectivity index (χ1) is 16.5. The van der Waals surface area contributed by atoms with Crippen LogP contribution in [0, 0.1) is 0 Å². The Labute approximate surface area is 205 Å². The van der Waals surface area contributed by atoms with Crippen molar-refractivity contribution in [3.63, 3.8) is 0 Å². The average Bonchev–Trinajstić information content (AvgIpc) is 3.48. The maximum absolute atomic E-state index is 11.8. The lowest BCUT2D eigenvalue weighted by Gasteiger charge is -2.28. The first kappa shape index (κ1) is 28.2. The Bertz CT molecular complexity index is 671. The summed E-state index contributed by atoms with van der Waals surface area (Å²) in [6.07, 6.45) is -1.24. The molecule has 12 heteroatoms. The molecule has 0 aromatic rings. The standard InChI is InChI=1S/C23H38O12/c1-21(2)34-19(15-13-30-22(3,32-15)7-5-17(26)28-11-9-24)20(35-21)16-14-31-23(4,33-16)8-6-18(27)29-12-10-25/h15-16,19-20,24-25H,5-14H2,1-4H3. The number of aliphatic hydroxyl groups is 2. The van der Waals surface area contributed by atoms with E-state index in [1.807, 2.05) is 0 Å². The smallest absolute Gasteiger partial charge is 0.306 e. The zero-order chi connectivity index (χ0) is 25.7. The van der Waals surface area contributed by atoms with E-state index in [0.717, 1.165) is 0 Å². The van der Waals surface area contributed by atoms with Crippen LogP contribution >= 0.6 is 0 Å². The second kappa shape index (κ2) is 11.8. The summed E-state index contributed by atoms with van der Waals surface area (Å²) in [6.45, 7) is 7.05. The Kier molecular flexibility index (Phi) is 9.49. The van der Waals surface area contributed by atoms with Gasteiger partial charge in [0.2, 0.25) is 0 Å². The minimum Gasteiger partial charge on any atom is -0.463 e. The first-order valence-electron chi connectivity index (χ1n) is 12.0. The molecule has 3 aliphatic rings. The molecule has 6 unspecified atom stereocenters. The van der Waals surface area contributed by atoms with Gasteiger partial charge in [0.25, 0.3) is 0 Å². The SMILES string of the molecule is CC1(C)OC(C2COC(C)(CCC(=O)OCCO)O2)C(C2COC(C)(CCC(=O)OCCO)O2)O1. The minimum absolute atomic E-state index is 0.0455. The molecule has 0 bridgehead atoms. The topological polar surface area (TPSA) is 148 Å². The summed E-state index contributed by atoms with van der Waals surface area (Å²) >= 11 is 0. The molecule has 3 heterocycles. The number of ether oxygens (including phenoxy) is 8. The average molecular weight is 507 g/mol. The summed E-state index contributed by atoms with van der Waals surface area (Å²) in [5.74, 6) is -3.76. The Balaban J connectivity index is 1.56. The second-order valence-corrected chi connectivity index (χ2v) is 9.66. The molecule has 6 atom stereocenters. The Morgan fingerprint density at radius 2 is 1.14 bits per heavy atom. The van der Waals surface area contributed by atoms with Gasteiger partial charge in [0.05, 0.1) is 39.3 Å². The Morgan fingerprint density at radius 1 is 0.743 bits per heavy atom. The maximum Gasteiger partial charge on any atom is 0.306 e. The van der Waals surface area contributed by atoms with Gasteiger partial charge in [0.1, 0.15) is 37.6 Å². The van der Waals surface area contributed by atoms with E-state index in [1.165, 1.54) is 0 Å². The van der Waals surface area contributed by atoms with Crippen LogP contribution in [0.5, 0.6) is 0 Å². The van der Waals surface area contributed by atoms with E-state index < -0.39 is 53.7 Å². The number of rotatable bonds is 12. The van der Waals surface area contributed by atoms with E-state index in [2.05, 4.69) is 0 Å². The normalized spacial score (nSPS) is 36.4. The summed E-state index contributed by atoms with van der Waals surface area (Å²) < 4.78 is 46.2. The molecule has 3 saturated heterocycles. The summed E-state index contributed by atoms with van der Waals surface area (Å²) in [5.41, 5.74) is 0. The predicted octanol–water partition coefficient (Wildman–Crippen LogP) is 0.401. The van der Waals surface area contributed by atoms with Crippen molar-refractivity contribution in [1.82, 2.24) is 0 Å². The van der Waals surface area contributed by atoms with Crippen molar-refractivity contribution < 1.29 is 57.7 Å². The molecule has 3 aliphatic heterocycles. The third kappa shape index (κ3) is 7.80. The maximum atomic E-state index is 11.8. The monoisotopic (exact) mass is 506 g/mol. The highest BCUT2D eigenvalue weighted by Crippen LogP contribution is 2.41. The highest BCUT2D eigenvalue weighted by molar-refractivity contribution is 5.69. The van der Waals surface area contributed by atoms with Gasteiger partial charge in [-0.25, -0.2) is 0 Å². The molecule has 35 heavy (non-hydrogen) atoms. The fraction of sp³-hybridized carbons (Fsp3) is 0.913. The van der Waals surface area contributed by atoms with E-state index in [0.29, 0.717) is 0 Å². The number of aliphatic hydroxyl groups excluding tert-OH is 2. The van der Waals surface area contributed by atoms with Crippen molar-refractivity contribution in [3.8, 4) is 0 Å². The predicted molar refractivity (Wildman–Crippen MR) is 117 cm³/mol. The van der Waals surface area contributed by atoms with E-state index in [4.69, 9.17) is 48.1 Å². The van der Waals surface area contributed by atoms with Crippen LogP contribution in [0.25, 0.3) is 0 Å². The molecular formula is C23H38O12. The molecule has 0 amide bonds. The number of hydrogen-bond donors (Lipinski definition) is 2. The van der Waals surface area contributed by atoms with Gasteiger partial charge in [0, 0.05) is 12.8 Å². The van der Waals surface area contributed by atoms with Gasteiger partial charge >= 0.3 is 11.9 Å². The van der Waals surface area contributed by atoms with Crippen LogP contribution in [-0.2, 0) is 47.5 Å².